The molecule has 5 nitrogen and oxygen atoms in total. The molecule has 0 saturated carbocycles. The number of nitrogens with one attached hydrogen (secondary N) is 1. The highest BCUT2D eigenvalue weighted by Gasteiger charge is 2.20. The number of nitrogens with two attached hydrogens (primary N) is 1. The van der Waals surface area contributed by atoms with Gasteiger partial charge in [0.1, 0.15) is 11.5 Å². The molecule has 1 aromatic heterocycles. The molecule has 176 valence electrons. The van der Waals surface area contributed by atoms with Crippen molar-refractivity contribution in [2.24, 2.45) is 0 Å². The summed E-state index contributed by atoms with van der Waals surface area (Å²) in [5, 5.41) is 2.28. The number of hydrogen-bond acceptors (Lipinski definition) is 2. The van der Waals surface area contributed by atoms with Crippen LogP contribution in [-0.4, -0.2) is 22.0 Å². The first kappa shape index (κ1) is 24.2. The monoisotopic (exact) mass is 458 g/mol. The second kappa shape index (κ2) is 11.4. The molecule has 8 heteroatoms. The van der Waals surface area contributed by atoms with Crippen molar-refractivity contribution in [3.8, 4) is 5.69 Å². The number of urea groups is 1. The lowest BCUT2D eigenvalue weighted by Gasteiger charge is -2.24. The van der Waals surface area contributed by atoms with E-state index in [1.807, 2.05) is 35.0 Å². The maximum Gasteiger partial charge on any atom is 0.322 e. The first-order chi connectivity index (χ1) is 15.9. The van der Waals surface area contributed by atoms with Crippen LogP contribution in [0.1, 0.15) is 44.7 Å². The minimum atomic E-state index is -1.16. The summed E-state index contributed by atoms with van der Waals surface area (Å²) in [5.41, 5.74) is 7.46. The zero-order valence-corrected chi connectivity index (χ0v) is 18.7. The Hall–Kier alpha value is -3.42. The second-order valence-corrected chi connectivity index (χ2v) is 7.97. The van der Waals surface area contributed by atoms with Crippen LogP contribution in [0.2, 0.25) is 0 Å². The number of halogens is 3. The van der Waals surface area contributed by atoms with E-state index in [-0.39, 0.29) is 6.54 Å². The van der Waals surface area contributed by atoms with E-state index in [0.29, 0.717) is 24.4 Å². The van der Waals surface area contributed by atoms with Gasteiger partial charge in [-0.1, -0.05) is 32.6 Å². The molecule has 2 aromatic carbocycles. The van der Waals surface area contributed by atoms with Gasteiger partial charge in [-0.05, 0) is 42.8 Å². The van der Waals surface area contributed by atoms with Crippen LogP contribution in [0.15, 0.2) is 54.7 Å². The third-order valence-corrected chi connectivity index (χ3v) is 5.41. The third kappa shape index (κ3) is 6.54. The maximum atomic E-state index is 14.1. The van der Waals surface area contributed by atoms with Gasteiger partial charge in [-0.15, -0.1) is 0 Å². The highest BCUT2D eigenvalue weighted by molar-refractivity contribution is 5.89. The van der Waals surface area contributed by atoms with Gasteiger partial charge in [-0.25, -0.2) is 18.0 Å². The molecule has 0 aliphatic rings. The molecule has 3 N–H and O–H groups in total. The molecule has 3 aromatic rings. The molecule has 0 radical (unpaired) electrons. The average molecular weight is 459 g/mol. The number of carbonyl (C=O) groups is 1. The van der Waals surface area contributed by atoms with Crippen LogP contribution in [0, 0.1) is 17.5 Å². The molecule has 0 spiro atoms. The molecule has 0 fully saturated rings. The van der Waals surface area contributed by atoms with E-state index in [9.17, 15) is 18.0 Å². The van der Waals surface area contributed by atoms with Crippen LogP contribution in [-0.2, 0) is 6.54 Å². The SMILES string of the molecule is CCCCCCCN(Cc1cccn1-c1ccc(N)cc1)C(=O)Nc1c(F)cc(F)cc1F. The molecule has 33 heavy (non-hydrogen) atoms. The molecule has 3 rings (SSSR count). The van der Waals surface area contributed by atoms with E-state index in [2.05, 4.69) is 12.2 Å². The molecule has 0 aliphatic heterocycles. The van der Waals surface area contributed by atoms with E-state index in [0.717, 1.165) is 43.5 Å². The number of nitrogen functional groups attached to an aromatic ring is 1. The highest BCUT2D eigenvalue weighted by Crippen LogP contribution is 2.22. The Kier molecular flexibility index (Phi) is 8.40. The summed E-state index contributed by atoms with van der Waals surface area (Å²) in [6, 6.07) is 11.5. The van der Waals surface area contributed by atoms with Gasteiger partial charge >= 0.3 is 6.03 Å². The van der Waals surface area contributed by atoms with Crippen LogP contribution in [0.4, 0.5) is 29.3 Å². The van der Waals surface area contributed by atoms with Crippen LogP contribution in [0.25, 0.3) is 5.69 Å². The van der Waals surface area contributed by atoms with Crippen LogP contribution in [0.5, 0.6) is 0 Å². The summed E-state index contributed by atoms with van der Waals surface area (Å²) >= 11 is 0. The Balaban J connectivity index is 1.79. The molecule has 0 unspecified atom stereocenters. The third-order valence-electron chi connectivity index (χ3n) is 5.41. The minimum absolute atomic E-state index is 0.224. The van der Waals surface area contributed by atoms with Crippen molar-refractivity contribution in [3.63, 3.8) is 0 Å². The fourth-order valence-electron chi connectivity index (χ4n) is 3.63. The molecule has 0 atom stereocenters. The Labute approximate surface area is 192 Å². The topological polar surface area (TPSA) is 63.3 Å². The standard InChI is InChI=1S/C25H29F3N4O/c1-2-3-4-5-6-13-31(25(33)30-24-22(27)15-18(26)16-23(24)28)17-21-8-7-14-32(21)20-11-9-19(29)10-12-20/h7-12,14-16H,2-6,13,17,29H2,1H3,(H,30,33). The van der Waals surface area contributed by atoms with E-state index in [4.69, 9.17) is 5.73 Å². The second-order valence-electron chi connectivity index (χ2n) is 7.97. The summed E-state index contributed by atoms with van der Waals surface area (Å²) in [6.07, 6.45) is 6.83. The first-order valence-electron chi connectivity index (χ1n) is 11.1. The van der Waals surface area contributed by atoms with Gasteiger partial charge in [-0.2, -0.15) is 0 Å². The van der Waals surface area contributed by atoms with Crippen molar-refractivity contribution in [3.05, 3.63) is 77.9 Å². The zero-order chi connectivity index (χ0) is 23.8. The summed E-state index contributed by atoms with van der Waals surface area (Å²) in [6.45, 7) is 2.76. The Morgan fingerprint density at radius 2 is 1.67 bits per heavy atom. The minimum Gasteiger partial charge on any atom is -0.399 e. The largest absolute Gasteiger partial charge is 0.399 e. The molecule has 0 aliphatic carbocycles. The van der Waals surface area contributed by atoms with Gasteiger partial charge in [0, 0.05) is 41.9 Å². The quantitative estimate of drug-likeness (QED) is 0.270. The van der Waals surface area contributed by atoms with Crippen molar-refractivity contribution in [1.82, 2.24) is 9.47 Å². The molecular formula is C25H29F3N4O. The van der Waals surface area contributed by atoms with Crippen molar-refractivity contribution >= 4 is 17.4 Å². The zero-order valence-electron chi connectivity index (χ0n) is 18.7. The van der Waals surface area contributed by atoms with Gasteiger partial charge in [0.2, 0.25) is 0 Å². The Bertz CT molecular complexity index is 1040. The van der Waals surface area contributed by atoms with E-state index < -0.39 is 29.2 Å². The van der Waals surface area contributed by atoms with Crippen LogP contribution in [0.3, 0.4) is 0 Å². The number of aromatic nitrogens is 1. The van der Waals surface area contributed by atoms with E-state index >= 15 is 0 Å². The number of unbranched alkanes of at least 4 members (excludes halogenated alkanes) is 4. The number of nitrogens with zero attached hydrogens (tertiary/aromatic N) is 2. The number of anilines is 2. The van der Waals surface area contributed by atoms with Gasteiger partial charge in [0.25, 0.3) is 0 Å². The molecular weight excluding hydrogens is 429 g/mol. The first-order valence-corrected chi connectivity index (χ1v) is 11.1. The summed E-state index contributed by atoms with van der Waals surface area (Å²) < 4.78 is 43.4. The maximum absolute atomic E-state index is 14.1. The van der Waals surface area contributed by atoms with E-state index in [1.54, 1.807) is 12.1 Å². The Morgan fingerprint density at radius 3 is 2.33 bits per heavy atom. The Morgan fingerprint density at radius 1 is 1.00 bits per heavy atom. The van der Waals surface area contributed by atoms with Crippen molar-refractivity contribution in [2.75, 3.05) is 17.6 Å². The number of hydrogen-bond donors (Lipinski definition) is 2. The lowest BCUT2D eigenvalue weighted by atomic mass is 10.1. The number of benzene rings is 2. The number of amides is 2. The average Bonchev–Trinajstić information content (AvgIpc) is 3.23. The summed E-state index contributed by atoms with van der Waals surface area (Å²) in [4.78, 5) is 14.5. The molecule has 0 bridgehead atoms. The highest BCUT2D eigenvalue weighted by atomic mass is 19.1. The van der Waals surface area contributed by atoms with Crippen LogP contribution >= 0.6 is 0 Å². The van der Waals surface area contributed by atoms with Crippen LogP contribution < -0.4 is 11.1 Å². The van der Waals surface area contributed by atoms with Crippen molar-refractivity contribution in [1.29, 1.82) is 0 Å². The smallest absolute Gasteiger partial charge is 0.322 e. The fraction of sp³-hybridized carbons (Fsp3) is 0.320. The predicted molar refractivity (Wildman–Crippen MR) is 125 cm³/mol. The van der Waals surface area contributed by atoms with Gasteiger partial charge in [0.15, 0.2) is 11.6 Å². The summed E-state index contributed by atoms with van der Waals surface area (Å²) in [7, 11) is 0. The van der Waals surface area contributed by atoms with Gasteiger partial charge in [0.05, 0.1) is 6.54 Å². The normalized spacial score (nSPS) is 10.9. The summed E-state index contributed by atoms with van der Waals surface area (Å²) in [5.74, 6) is -3.36. The lowest BCUT2D eigenvalue weighted by Crippen LogP contribution is -2.36. The predicted octanol–water partition coefficient (Wildman–Crippen LogP) is 6.48. The lowest BCUT2D eigenvalue weighted by molar-refractivity contribution is 0.206. The van der Waals surface area contributed by atoms with Gasteiger partial charge < -0.3 is 20.5 Å². The van der Waals surface area contributed by atoms with E-state index in [1.165, 1.54) is 4.90 Å². The molecule has 2 amide bonds. The fourth-order valence-corrected chi connectivity index (χ4v) is 3.63. The van der Waals surface area contributed by atoms with Crippen molar-refractivity contribution < 1.29 is 18.0 Å². The van der Waals surface area contributed by atoms with Crippen molar-refractivity contribution in [2.45, 2.75) is 45.6 Å². The number of carbonyl (C=O) groups excluding carboxylic acids is 1. The van der Waals surface area contributed by atoms with Gasteiger partial charge in [-0.3, -0.25) is 0 Å². The molecule has 0 saturated heterocycles. The molecule has 1 heterocycles. The number of rotatable bonds is 10.